The average Bonchev–Trinajstić information content (AvgIpc) is 2.27. The number of carboxylic acid groups (broad SMARTS) is 1. The van der Waals surface area contributed by atoms with Gasteiger partial charge in [0.25, 0.3) is 5.91 Å². The van der Waals surface area contributed by atoms with Crippen LogP contribution >= 0.6 is 0 Å². The van der Waals surface area contributed by atoms with E-state index in [1.165, 1.54) is 0 Å². The van der Waals surface area contributed by atoms with E-state index >= 15 is 0 Å². The molecule has 2 amide bonds. The minimum absolute atomic E-state index is 0.0312. The minimum atomic E-state index is -1.05. The summed E-state index contributed by atoms with van der Waals surface area (Å²) in [6, 6.07) is -0.200. The summed E-state index contributed by atoms with van der Waals surface area (Å²) < 4.78 is 5.36. The fourth-order valence-corrected chi connectivity index (χ4v) is 1.64. The van der Waals surface area contributed by atoms with Crippen molar-refractivity contribution in [1.29, 1.82) is 0 Å². The van der Waals surface area contributed by atoms with Crippen LogP contribution in [-0.4, -0.2) is 54.4 Å². The lowest BCUT2D eigenvalue weighted by molar-refractivity contribution is -0.145. The Labute approximate surface area is 94.6 Å². The van der Waals surface area contributed by atoms with Gasteiger partial charge in [0.2, 0.25) is 0 Å². The van der Waals surface area contributed by atoms with Crippen LogP contribution in [0.1, 0.15) is 19.8 Å². The number of carbonyl (C=O) groups excluding carboxylic acids is 1. The molecule has 2 N–H and O–H groups in total. The van der Waals surface area contributed by atoms with Crippen molar-refractivity contribution in [2.24, 2.45) is 0 Å². The van der Waals surface area contributed by atoms with Crippen LogP contribution in [0.25, 0.3) is 0 Å². The van der Waals surface area contributed by atoms with E-state index in [4.69, 9.17) is 9.84 Å². The summed E-state index contributed by atoms with van der Waals surface area (Å²) >= 11 is 0. The predicted molar refractivity (Wildman–Crippen MR) is 57.2 cm³/mol. The van der Waals surface area contributed by atoms with Gasteiger partial charge in [-0.1, -0.05) is 0 Å². The highest BCUT2D eigenvalue weighted by Gasteiger charge is 2.29. The number of nitrogens with zero attached hydrogens (tertiary/aromatic N) is 1. The molecule has 0 aromatic carbocycles. The largest absolute Gasteiger partial charge is 0.465 e. The highest BCUT2D eigenvalue weighted by Crippen LogP contribution is 2.15. The molecule has 1 heterocycles. The summed E-state index contributed by atoms with van der Waals surface area (Å²) in [5.41, 5.74) is 0. The van der Waals surface area contributed by atoms with Crippen LogP contribution in [0.5, 0.6) is 0 Å². The van der Waals surface area contributed by atoms with Crippen LogP contribution in [0.15, 0.2) is 0 Å². The molecule has 1 fully saturated rings. The number of likely N-dealkylation sites (N-methyl/N-ethyl adjacent to an activating group) is 1. The van der Waals surface area contributed by atoms with Crippen LogP contribution < -0.4 is 5.32 Å². The topological polar surface area (TPSA) is 78.9 Å². The highest BCUT2D eigenvalue weighted by atomic mass is 16.5. The molecule has 0 bridgehead atoms. The standard InChI is InChI=1S/C10H18N2O4/c1-3-12(2)9(13)8-5-4-7(6-16-8)11-10(14)15/h7-8,11H,3-6H2,1-2H3,(H,14,15)/t7-,8+/m1/s1. The van der Waals surface area contributed by atoms with E-state index in [2.05, 4.69) is 5.32 Å². The smallest absolute Gasteiger partial charge is 0.404 e. The molecule has 0 aliphatic carbocycles. The Hall–Kier alpha value is -1.30. The molecule has 0 radical (unpaired) electrons. The van der Waals surface area contributed by atoms with Crippen molar-refractivity contribution in [3.05, 3.63) is 0 Å². The maximum Gasteiger partial charge on any atom is 0.404 e. The van der Waals surface area contributed by atoms with Crippen molar-refractivity contribution in [1.82, 2.24) is 10.2 Å². The van der Waals surface area contributed by atoms with Gasteiger partial charge in [0.1, 0.15) is 6.10 Å². The Kier molecular flexibility index (Phi) is 4.54. The Morgan fingerprint density at radius 1 is 1.50 bits per heavy atom. The number of ether oxygens (including phenoxy) is 1. The third-order valence-corrected chi connectivity index (χ3v) is 2.73. The van der Waals surface area contributed by atoms with Gasteiger partial charge >= 0.3 is 6.09 Å². The molecule has 1 aliphatic heterocycles. The second-order valence-electron chi connectivity index (χ2n) is 3.90. The van der Waals surface area contributed by atoms with Gasteiger partial charge < -0.3 is 20.1 Å². The van der Waals surface area contributed by atoms with Crippen molar-refractivity contribution in [3.8, 4) is 0 Å². The second kappa shape index (κ2) is 5.69. The molecule has 0 aromatic rings. The molecule has 1 rings (SSSR count). The Morgan fingerprint density at radius 3 is 2.62 bits per heavy atom. The lowest BCUT2D eigenvalue weighted by Crippen LogP contribution is -2.47. The van der Waals surface area contributed by atoms with Crippen LogP contribution in [0.3, 0.4) is 0 Å². The molecule has 6 heteroatoms. The van der Waals surface area contributed by atoms with Crippen molar-refractivity contribution in [3.63, 3.8) is 0 Å². The minimum Gasteiger partial charge on any atom is -0.465 e. The molecule has 0 saturated carbocycles. The zero-order chi connectivity index (χ0) is 12.1. The van der Waals surface area contributed by atoms with Gasteiger partial charge in [0, 0.05) is 13.6 Å². The van der Waals surface area contributed by atoms with E-state index in [1.54, 1.807) is 11.9 Å². The van der Waals surface area contributed by atoms with E-state index in [9.17, 15) is 9.59 Å². The first-order valence-electron chi connectivity index (χ1n) is 5.40. The fraction of sp³-hybridized carbons (Fsp3) is 0.800. The number of carbonyl (C=O) groups is 2. The van der Waals surface area contributed by atoms with E-state index in [1.807, 2.05) is 6.92 Å². The van der Waals surface area contributed by atoms with E-state index in [0.717, 1.165) is 0 Å². The zero-order valence-corrected chi connectivity index (χ0v) is 9.60. The van der Waals surface area contributed by atoms with Crippen molar-refractivity contribution in [2.45, 2.75) is 31.9 Å². The lowest BCUT2D eigenvalue weighted by Gasteiger charge is -2.30. The number of hydrogen-bond acceptors (Lipinski definition) is 3. The summed E-state index contributed by atoms with van der Waals surface area (Å²) in [5.74, 6) is -0.0312. The molecule has 6 nitrogen and oxygen atoms in total. The van der Waals surface area contributed by atoms with Gasteiger partial charge in [-0.15, -0.1) is 0 Å². The Morgan fingerprint density at radius 2 is 2.19 bits per heavy atom. The van der Waals surface area contributed by atoms with E-state index in [0.29, 0.717) is 19.4 Å². The molecular weight excluding hydrogens is 212 g/mol. The molecule has 0 unspecified atom stereocenters. The van der Waals surface area contributed by atoms with Gasteiger partial charge in [0.15, 0.2) is 0 Å². The maximum atomic E-state index is 11.7. The normalized spacial score (nSPS) is 24.9. The molecule has 2 atom stereocenters. The van der Waals surface area contributed by atoms with Gasteiger partial charge in [-0.3, -0.25) is 4.79 Å². The first-order valence-corrected chi connectivity index (χ1v) is 5.40. The molecule has 0 spiro atoms. The van der Waals surface area contributed by atoms with Crippen LogP contribution in [0.2, 0.25) is 0 Å². The third kappa shape index (κ3) is 3.37. The van der Waals surface area contributed by atoms with Gasteiger partial charge in [-0.25, -0.2) is 4.79 Å². The van der Waals surface area contributed by atoms with Crippen molar-refractivity contribution < 1.29 is 19.4 Å². The lowest BCUT2D eigenvalue weighted by atomic mass is 10.0. The fourth-order valence-electron chi connectivity index (χ4n) is 1.64. The monoisotopic (exact) mass is 230 g/mol. The second-order valence-corrected chi connectivity index (χ2v) is 3.90. The van der Waals surface area contributed by atoms with E-state index < -0.39 is 12.2 Å². The van der Waals surface area contributed by atoms with Gasteiger partial charge in [-0.05, 0) is 19.8 Å². The maximum absolute atomic E-state index is 11.7. The summed E-state index contributed by atoms with van der Waals surface area (Å²) in [6.45, 7) is 2.81. The van der Waals surface area contributed by atoms with Crippen LogP contribution in [0.4, 0.5) is 4.79 Å². The molecular formula is C10H18N2O4. The summed E-state index contributed by atoms with van der Waals surface area (Å²) in [6.07, 6.45) is -0.269. The van der Waals surface area contributed by atoms with Crippen molar-refractivity contribution >= 4 is 12.0 Å². The summed E-state index contributed by atoms with van der Waals surface area (Å²) in [4.78, 5) is 23.7. The van der Waals surface area contributed by atoms with Crippen LogP contribution in [0, 0.1) is 0 Å². The van der Waals surface area contributed by atoms with Gasteiger partial charge in [-0.2, -0.15) is 0 Å². The van der Waals surface area contributed by atoms with Crippen LogP contribution in [-0.2, 0) is 9.53 Å². The van der Waals surface area contributed by atoms with Gasteiger partial charge in [0.05, 0.1) is 12.6 Å². The quantitative estimate of drug-likeness (QED) is 0.730. The third-order valence-electron chi connectivity index (χ3n) is 2.73. The molecule has 0 aromatic heterocycles. The first kappa shape index (κ1) is 12.8. The summed E-state index contributed by atoms with van der Waals surface area (Å²) in [5, 5.41) is 10.9. The average molecular weight is 230 g/mol. The van der Waals surface area contributed by atoms with Crippen molar-refractivity contribution in [2.75, 3.05) is 20.2 Å². The zero-order valence-electron chi connectivity index (χ0n) is 9.60. The summed E-state index contributed by atoms with van der Waals surface area (Å²) in [7, 11) is 1.73. The van der Waals surface area contributed by atoms with E-state index in [-0.39, 0.29) is 18.6 Å². The highest BCUT2D eigenvalue weighted by molar-refractivity contribution is 5.80. The predicted octanol–water partition coefficient (Wildman–Crippen LogP) is 0.280. The number of hydrogen-bond donors (Lipinski definition) is 2. The Bertz CT molecular complexity index is 262. The molecule has 92 valence electrons. The number of amides is 2. The molecule has 1 aliphatic rings. The SMILES string of the molecule is CCN(C)C(=O)[C@@H]1CC[C@@H](NC(=O)O)CO1. The molecule has 1 saturated heterocycles. The number of rotatable bonds is 3. The number of nitrogens with one attached hydrogen (secondary N) is 1. The molecule has 16 heavy (non-hydrogen) atoms. The first-order chi connectivity index (χ1) is 7.54. The Balaban J connectivity index is 2.37.